The summed E-state index contributed by atoms with van der Waals surface area (Å²) < 4.78 is 5.05. The van der Waals surface area contributed by atoms with Gasteiger partial charge in [-0.25, -0.2) is 4.79 Å². The van der Waals surface area contributed by atoms with Crippen molar-refractivity contribution in [3.05, 3.63) is 41.4 Å². The minimum absolute atomic E-state index is 0.0859. The molecule has 0 N–H and O–H groups in total. The zero-order valence-electron chi connectivity index (χ0n) is 9.93. The van der Waals surface area contributed by atoms with Crippen LogP contribution in [0.3, 0.4) is 0 Å². The van der Waals surface area contributed by atoms with E-state index in [2.05, 4.69) is 4.79 Å². The Morgan fingerprint density at radius 3 is 2.65 bits per heavy atom. The van der Waals surface area contributed by atoms with Crippen molar-refractivity contribution in [1.29, 1.82) is 0 Å². The van der Waals surface area contributed by atoms with E-state index in [0.29, 0.717) is 6.42 Å². The molecule has 4 heteroatoms. The molecule has 0 heterocycles. The van der Waals surface area contributed by atoms with Crippen molar-refractivity contribution in [1.82, 2.24) is 0 Å². The molecule has 0 aliphatic rings. The van der Waals surface area contributed by atoms with Gasteiger partial charge in [0.1, 0.15) is 6.61 Å². The summed E-state index contributed by atoms with van der Waals surface area (Å²) in [6, 6.07) is 9.39. The first-order valence-corrected chi connectivity index (χ1v) is 5.70. The fourth-order valence-electron chi connectivity index (χ4n) is 1.34. The van der Waals surface area contributed by atoms with Crippen molar-refractivity contribution in [2.24, 2.45) is 0 Å². The molecule has 0 amide bonds. The van der Waals surface area contributed by atoms with E-state index in [9.17, 15) is 4.79 Å². The molecule has 17 heavy (non-hydrogen) atoms. The second kappa shape index (κ2) is 7.36. The molecule has 0 radical (unpaired) electrons. The number of carbonyl (C=O) groups is 1. The number of ether oxygens (including phenoxy) is 1. The van der Waals surface area contributed by atoms with Crippen molar-refractivity contribution in [2.75, 3.05) is 0 Å². The average molecular weight is 232 g/mol. The summed E-state index contributed by atoms with van der Waals surface area (Å²) in [5.74, 6) is -0.551. The minimum atomic E-state index is -0.551. The molecule has 0 bridgehead atoms. The van der Waals surface area contributed by atoms with Gasteiger partial charge in [-0.3, -0.25) is 0 Å². The number of carbonyl (C=O) groups excluding carboxylic acids is 1. The molecule has 0 atom stereocenters. The summed E-state index contributed by atoms with van der Waals surface area (Å²) in [6.07, 6.45) is 2.19. The zero-order valence-corrected chi connectivity index (χ0v) is 9.93. The Balaban J connectivity index is 2.46. The van der Waals surface area contributed by atoms with E-state index < -0.39 is 5.97 Å². The van der Waals surface area contributed by atoms with Gasteiger partial charge in [-0.1, -0.05) is 43.7 Å². The maximum absolute atomic E-state index is 11.5. The molecule has 0 aliphatic heterocycles. The Morgan fingerprint density at radius 2 is 2.06 bits per heavy atom. The normalized spacial score (nSPS) is 9.47. The molecule has 0 saturated carbocycles. The highest BCUT2D eigenvalue weighted by atomic mass is 16.5. The molecule has 0 aromatic heterocycles. The number of esters is 1. The smallest absolute Gasteiger partial charge is 0.417 e. The van der Waals surface area contributed by atoms with E-state index >= 15 is 0 Å². The lowest BCUT2D eigenvalue weighted by atomic mass is 10.2. The third kappa shape index (κ3) is 4.62. The van der Waals surface area contributed by atoms with Gasteiger partial charge in [0, 0.05) is 0 Å². The molecule has 1 aromatic rings. The molecular weight excluding hydrogens is 216 g/mol. The van der Waals surface area contributed by atoms with Gasteiger partial charge in [0.05, 0.1) is 6.42 Å². The molecule has 1 rings (SSSR count). The van der Waals surface area contributed by atoms with E-state index in [-0.39, 0.29) is 12.3 Å². The highest BCUT2D eigenvalue weighted by molar-refractivity contribution is 6.33. The quantitative estimate of drug-likeness (QED) is 0.327. The van der Waals surface area contributed by atoms with E-state index in [0.717, 1.165) is 18.4 Å². The Hall–Kier alpha value is -1.93. The molecular formula is C13H16N2O2. The van der Waals surface area contributed by atoms with Gasteiger partial charge in [0.2, 0.25) is 0 Å². The Kier molecular flexibility index (Phi) is 5.69. The summed E-state index contributed by atoms with van der Waals surface area (Å²) in [5, 5.41) is 0. The van der Waals surface area contributed by atoms with Crippen LogP contribution >= 0.6 is 0 Å². The average Bonchev–Trinajstić information content (AvgIpc) is 2.38. The van der Waals surface area contributed by atoms with E-state index in [1.807, 2.05) is 37.3 Å². The molecule has 0 unspecified atom stereocenters. The zero-order chi connectivity index (χ0) is 12.5. The van der Waals surface area contributed by atoms with Gasteiger partial charge in [-0.05, 0) is 12.0 Å². The van der Waals surface area contributed by atoms with Crippen LogP contribution in [-0.4, -0.2) is 16.5 Å². The van der Waals surface area contributed by atoms with Crippen LogP contribution in [0.2, 0.25) is 0 Å². The van der Waals surface area contributed by atoms with Crippen LogP contribution < -0.4 is 0 Å². The standard InChI is InChI=1S/C13H16N2O2/c1-2-3-9-12(15-14)13(16)17-10-11-7-5-4-6-8-11/h4-8H,2-3,9-10H2,1H3. The lowest BCUT2D eigenvalue weighted by molar-refractivity contribution is -0.141. The Bertz CT molecular complexity index is 409. The lowest BCUT2D eigenvalue weighted by Crippen LogP contribution is -2.18. The number of unbranched alkanes of at least 4 members (excludes halogenated alkanes) is 1. The molecule has 4 nitrogen and oxygen atoms in total. The van der Waals surface area contributed by atoms with Crippen LogP contribution in [0.1, 0.15) is 31.7 Å². The largest absolute Gasteiger partial charge is 0.452 e. The predicted molar refractivity (Wildman–Crippen MR) is 64.4 cm³/mol. The minimum Gasteiger partial charge on any atom is -0.452 e. The van der Waals surface area contributed by atoms with Gasteiger partial charge < -0.3 is 10.3 Å². The van der Waals surface area contributed by atoms with Gasteiger partial charge in [-0.2, -0.15) is 4.79 Å². The third-order valence-electron chi connectivity index (χ3n) is 2.34. The monoisotopic (exact) mass is 232 g/mol. The Labute approximate surface area is 101 Å². The van der Waals surface area contributed by atoms with E-state index in [1.54, 1.807) is 0 Å². The molecule has 90 valence electrons. The topological polar surface area (TPSA) is 62.7 Å². The van der Waals surface area contributed by atoms with E-state index in [1.165, 1.54) is 0 Å². The second-order valence-corrected chi connectivity index (χ2v) is 3.71. The maximum Gasteiger partial charge on any atom is 0.417 e. The summed E-state index contributed by atoms with van der Waals surface area (Å²) in [6.45, 7) is 2.20. The highest BCUT2D eigenvalue weighted by Gasteiger charge is 2.20. The fourth-order valence-corrected chi connectivity index (χ4v) is 1.34. The highest BCUT2D eigenvalue weighted by Crippen LogP contribution is 2.03. The summed E-state index contributed by atoms with van der Waals surface area (Å²) >= 11 is 0. The first-order chi connectivity index (χ1) is 8.27. The van der Waals surface area contributed by atoms with Crippen molar-refractivity contribution < 1.29 is 14.3 Å². The summed E-state index contributed by atoms with van der Waals surface area (Å²) in [4.78, 5) is 14.5. The van der Waals surface area contributed by atoms with Crippen LogP contribution in [-0.2, 0) is 16.1 Å². The van der Waals surface area contributed by atoms with Crippen LogP contribution in [0.25, 0.3) is 5.53 Å². The molecule has 0 saturated heterocycles. The summed E-state index contributed by atoms with van der Waals surface area (Å²) in [5.41, 5.74) is 9.70. The first kappa shape index (κ1) is 13.1. The van der Waals surface area contributed by atoms with Crippen molar-refractivity contribution in [3.8, 4) is 0 Å². The van der Waals surface area contributed by atoms with Crippen LogP contribution in [0.5, 0.6) is 0 Å². The Morgan fingerprint density at radius 1 is 1.35 bits per heavy atom. The van der Waals surface area contributed by atoms with Crippen LogP contribution in [0.15, 0.2) is 30.3 Å². The molecule has 0 fully saturated rings. The molecule has 1 aromatic carbocycles. The van der Waals surface area contributed by atoms with Crippen LogP contribution in [0.4, 0.5) is 0 Å². The number of benzene rings is 1. The number of nitrogens with zero attached hydrogens (tertiary/aromatic N) is 2. The fraction of sp³-hybridized carbons (Fsp3) is 0.385. The van der Waals surface area contributed by atoms with Gasteiger partial charge >= 0.3 is 11.7 Å². The van der Waals surface area contributed by atoms with Crippen molar-refractivity contribution >= 4 is 11.7 Å². The number of hydrogen-bond donors (Lipinski definition) is 0. The SMILES string of the molecule is CCCCC(=[N+]=[N-])C(=O)OCc1ccccc1. The van der Waals surface area contributed by atoms with Gasteiger partial charge in [-0.15, -0.1) is 0 Å². The lowest BCUT2D eigenvalue weighted by Gasteiger charge is -2.01. The second-order valence-electron chi connectivity index (χ2n) is 3.71. The van der Waals surface area contributed by atoms with E-state index in [4.69, 9.17) is 10.3 Å². The predicted octanol–water partition coefficient (Wildman–Crippen LogP) is 2.59. The third-order valence-corrected chi connectivity index (χ3v) is 2.34. The van der Waals surface area contributed by atoms with Crippen LogP contribution in [0, 0.1) is 0 Å². The van der Waals surface area contributed by atoms with Gasteiger partial charge in [0.25, 0.3) is 0 Å². The maximum atomic E-state index is 11.5. The summed E-state index contributed by atoms with van der Waals surface area (Å²) in [7, 11) is 0. The molecule has 0 aliphatic carbocycles. The van der Waals surface area contributed by atoms with Crippen molar-refractivity contribution in [2.45, 2.75) is 32.8 Å². The number of hydrogen-bond acceptors (Lipinski definition) is 2. The number of rotatable bonds is 6. The van der Waals surface area contributed by atoms with Crippen molar-refractivity contribution in [3.63, 3.8) is 0 Å². The molecule has 0 spiro atoms. The first-order valence-electron chi connectivity index (χ1n) is 5.70. The van der Waals surface area contributed by atoms with Gasteiger partial charge in [0.15, 0.2) is 0 Å².